The molecule has 2 aromatic rings. The highest BCUT2D eigenvalue weighted by Crippen LogP contribution is 2.29. The van der Waals surface area contributed by atoms with Gasteiger partial charge in [0.1, 0.15) is 11.5 Å². The second kappa shape index (κ2) is 15.2. The molecule has 0 saturated heterocycles. The van der Waals surface area contributed by atoms with E-state index in [9.17, 15) is 4.79 Å². The fourth-order valence-corrected chi connectivity index (χ4v) is 4.34. The minimum atomic E-state index is 0.170. The Hall–Kier alpha value is -2.81. The molecule has 0 radical (unpaired) electrons. The quantitative estimate of drug-likeness (QED) is 0.203. The molecule has 1 saturated carbocycles. The number of carbonyl (C=O) groups is 1. The Bertz CT molecular complexity index is 874. The predicted molar refractivity (Wildman–Crippen MR) is 147 cm³/mol. The van der Waals surface area contributed by atoms with Crippen LogP contribution in [0.2, 0.25) is 0 Å². The number of carbonyl (C=O) groups excluding carboxylic acids is 1. The lowest BCUT2D eigenvalue weighted by Gasteiger charge is -2.17. The van der Waals surface area contributed by atoms with Gasteiger partial charge in [0.2, 0.25) is 0 Å². The summed E-state index contributed by atoms with van der Waals surface area (Å²) in [5.74, 6) is 1.96. The number of hydrogen-bond acceptors (Lipinski definition) is 3. The molecule has 3 nitrogen and oxygen atoms in total. The Morgan fingerprint density at radius 2 is 1.06 bits per heavy atom. The smallest absolute Gasteiger partial charge is 0.185 e. The maximum atomic E-state index is 13.1. The van der Waals surface area contributed by atoms with E-state index in [0.29, 0.717) is 0 Å². The second-order valence-corrected chi connectivity index (χ2v) is 9.48. The number of rotatable bonds is 14. The van der Waals surface area contributed by atoms with Gasteiger partial charge in [-0.2, -0.15) is 0 Å². The van der Waals surface area contributed by atoms with Gasteiger partial charge in [-0.15, -0.1) is 0 Å². The predicted octanol–water partition coefficient (Wildman–Crippen LogP) is 8.82. The minimum Gasteiger partial charge on any atom is -0.494 e. The van der Waals surface area contributed by atoms with Crippen LogP contribution in [0.5, 0.6) is 11.5 Å². The van der Waals surface area contributed by atoms with Crippen molar-refractivity contribution in [1.29, 1.82) is 0 Å². The third-order valence-corrected chi connectivity index (χ3v) is 6.45. The number of ketones is 1. The first-order valence-corrected chi connectivity index (χ1v) is 13.6. The molecule has 188 valence electrons. The van der Waals surface area contributed by atoms with Crippen LogP contribution in [-0.4, -0.2) is 19.0 Å². The van der Waals surface area contributed by atoms with E-state index < -0.39 is 0 Å². The van der Waals surface area contributed by atoms with Gasteiger partial charge in [0.25, 0.3) is 0 Å². The summed E-state index contributed by atoms with van der Waals surface area (Å²) in [5.41, 5.74) is 3.88. The number of benzene rings is 2. The SMILES string of the molecule is CCCCCCOc1ccc(/C=C2\CCC/C(=C\c3ccc(OCCCCCC)cc3)C2=O)cc1. The van der Waals surface area contributed by atoms with Gasteiger partial charge in [-0.3, -0.25) is 4.79 Å². The topological polar surface area (TPSA) is 35.5 Å². The molecule has 35 heavy (non-hydrogen) atoms. The molecule has 0 heterocycles. The number of hydrogen-bond donors (Lipinski definition) is 0. The molecule has 0 atom stereocenters. The molecule has 0 bridgehead atoms. The Balaban J connectivity index is 1.54. The zero-order valence-corrected chi connectivity index (χ0v) is 21.7. The molecule has 0 amide bonds. The van der Waals surface area contributed by atoms with Gasteiger partial charge in [-0.1, -0.05) is 76.6 Å². The lowest BCUT2D eigenvalue weighted by molar-refractivity contribution is -0.112. The molecule has 2 aromatic carbocycles. The van der Waals surface area contributed by atoms with Crippen LogP contribution in [0.4, 0.5) is 0 Å². The van der Waals surface area contributed by atoms with Crippen molar-refractivity contribution in [2.75, 3.05) is 13.2 Å². The Labute approximate surface area is 212 Å². The molecular formula is C32H42O3. The fourth-order valence-electron chi connectivity index (χ4n) is 4.34. The van der Waals surface area contributed by atoms with Crippen LogP contribution < -0.4 is 9.47 Å². The van der Waals surface area contributed by atoms with Crippen LogP contribution in [0.1, 0.15) is 95.6 Å². The van der Waals surface area contributed by atoms with E-state index >= 15 is 0 Å². The number of unbranched alkanes of at least 4 members (excludes halogenated alkanes) is 6. The van der Waals surface area contributed by atoms with Crippen molar-refractivity contribution < 1.29 is 14.3 Å². The van der Waals surface area contributed by atoms with E-state index in [1.54, 1.807) is 0 Å². The summed E-state index contributed by atoms with van der Waals surface area (Å²) in [6.45, 7) is 5.96. The van der Waals surface area contributed by atoms with Gasteiger partial charge in [0.15, 0.2) is 5.78 Å². The molecule has 0 aromatic heterocycles. The number of Topliss-reactive ketones (excluding diaryl/α,β-unsaturated/α-hetero) is 1. The summed E-state index contributed by atoms with van der Waals surface area (Å²) in [5, 5.41) is 0. The van der Waals surface area contributed by atoms with E-state index in [1.807, 2.05) is 60.7 Å². The maximum Gasteiger partial charge on any atom is 0.185 e. The number of allylic oxidation sites excluding steroid dienone is 2. The largest absolute Gasteiger partial charge is 0.494 e. The van der Waals surface area contributed by atoms with Crippen LogP contribution in [0.15, 0.2) is 59.7 Å². The van der Waals surface area contributed by atoms with Crippen LogP contribution >= 0.6 is 0 Å². The molecule has 3 heteroatoms. The molecule has 0 unspecified atom stereocenters. The normalized spacial score (nSPS) is 16.1. The van der Waals surface area contributed by atoms with Crippen LogP contribution in [-0.2, 0) is 4.79 Å². The first kappa shape index (κ1) is 26.8. The second-order valence-electron chi connectivity index (χ2n) is 9.48. The van der Waals surface area contributed by atoms with E-state index in [4.69, 9.17) is 9.47 Å². The van der Waals surface area contributed by atoms with Crippen LogP contribution in [0.3, 0.4) is 0 Å². The summed E-state index contributed by atoms with van der Waals surface area (Å²) in [6.07, 6.45) is 16.4. The summed E-state index contributed by atoms with van der Waals surface area (Å²) in [4.78, 5) is 13.1. The van der Waals surface area contributed by atoms with Gasteiger partial charge in [0, 0.05) is 11.1 Å². The Morgan fingerprint density at radius 3 is 1.46 bits per heavy atom. The Morgan fingerprint density at radius 1 is 0.629 bits per heavy atom. The van der Waals surface area contributed by atoms with Crippen molar-refractivity contribution >= 4 is 17.9 Å². The zero-order valence-electron chi connectivity index (χ0n) is 21.7. The monoisotopic (exact) mass is 474 g/mol. The average molecular weight is 475 g/mol. The average Bonchev–Trinajstić information content (AvgIpc) is 2.88. The standard InChI is InChI=1S/C32H42O3/c1-3-5-7-9-22-34-30-18-14-26(15-19-30)24-28-12-11-13-29(32(28)33)25-27-16-20-31(21-17-27)35-23-10-8-6-4-2/h14-21,24-25H,3-13,22-23H2,1-2H3/b28-24+,29-25+. The molecule has 0 aliphatic heterocycles. The van der Waals surface area contributed by atoms with Gasteiger partial charge >= 0.3 is 0 Å². The van der Waals surface area contributed by atoms with Gasteiger partial charge in [-0.25, -0.2) is 0 Å². The molecular weight excluding hydrogens is 432 g/mol. The number of ether oxygens (including phenoxy) is 2. The molecule has 1 aliphatic carbocycles. The van der Waals surface area contributed by atoms with E-state index in [2.05, 4.69) is 13.8 Å². The summed E-state index contributed by atoms with van der Waals surface area (Å²) >= 11 is 0. The van der Waals surface area contributed by atoms with Gasteiger partial charge < -0.3 is 9.47 Å². The fraction of sp³-hybridized carbons (Fsp3) is 0.469. The first-order chi connectivity index (χ1) is 17.2. The van der Waals surface area contributed by atoms with E-state index in [-0.39, 0.29) is 5.78 Å². The summed E-state index contributed by atoms with van der Waals surface area (Å²) in [7, 11) is 0. The third-order valence-electron chi connectivity index (χ3n) is 6.45. The van der Waals surface area contributed by atoms with Gasteiger partial charge in [-0.05, 0) is 79.6 Å². The summed E-state index contributed by atoms with van der Waals surface area (Å²) < 4.78 is 11.7. The van der Waals surface area contributed by atoms with Crippen LogP contribution in [0, 0.1) is 0 Å². The molecule has 1 fully saturated rings. The van der Waals surface area contributed by atoms with E-state index in [0.717, 1.165) is 79.1 Å². The summed E-state index contributed by atoms with van der Waals surface area (Å²) in [6, 6.07) is 16.2. The molecule has 0 N–H and O–H groups in total. The highest BCUT2D eigenvalue weighted by molar-refractivity contribution is 6.13. The third kappa shape index (κ3) is 9.39. The van der Waals surface area contributed by atoms with Crippen molar-refractivity contribution in [1.82, 2.24) is 0 Å². The molecule has 1 aliphatic rings. The van der Waals surface area contributed by atoms with Crippen molar-refractivity contribution in [3.63, 3.8) is 0 Å². The lowest BCUT2D eigenvalue weighted by atomic mass is 9.87. The van der Waals surface area contributed by atoms with Crippen molar-refractivity contribution in [2.45, 2.75) is 84.5 Å². The first-order valence-electron chi connectivity index (χ1n) is 13.6. The molecule has 3 rings (SSSR count). The van der Waals surface area contributed by atoms with Crippen LogP contribution in [0.25, 0.3) is 12.2 Å². The zero-order chi connectivity index (χ0) is 24.7. The van der Waals surface area contributed by atoms with Crippen molar-refractivity contribution in [3.05, 3.63) is 70.8 Å². The lowest BCUT2D eigenvalue weighted by Crippen LogP contribution is -2.12. The molecule has 0 spiro atoms. The van der Waals surface area contributed by atoms with Gasteiger partial charge in [0.05, 0.1) is 13.2 Å². The highest BCUT2D eigenvalue weighted by Gasteiger charge is 2.20. The van der Waals surface area contributed by atoms with Crippen molar-refractivity contribution in [2.24, 2.45) is 0 Å². The minimum absolute atomic E-state index is 0.170. The Kier molecular flexibility index (Phi) is 11.7. The van der Waals surface area contributed by atoms with Crippen molar-refractivity contribution in [3.8, 4) is 11.5 Å². The van der Waals surface area contributed by atoms with E-state index in [1.165, 1.54) is 38.5 Å². The maximum absolute atomic E-state index is 13.1. The highest BCUT2D eigenvalue weighted by atomic mass is 16.5.